The maximum atomic E-state index is 12.0. The normalized spacial score (nSPS) is 18.6. The van der Waals surface area contributed by atoms with Crippen LogP contribution >= 0.6 is 0 Å². The minimum Gasteiger partial charge on any atom is -0.478 e. The molecular weight excluding hydrogens is 276 g/mol. The van der Waals surface area contributed by atoms with Crippen molar-refractivity contribution in [1.29, 1.82) is 0 Å². The highest BCUT2D eigenvalue weighted by Gasteiger charge is 2.22. The molecule has 0 radical (unpaired) electrons. The molecule has 1 aromatic carbocycles. The molecule has 1 unspecified atom stereocenters. The maximum absolute atomic E-state index is 12.0. The van der Waals surface area contributed by atoms with Crippen molar-refractivity contribution in [2.24, 2.45) is 0 Å². The van der Waals surface area contributed by atoms with Gasteiger partial charge in [-0.1, -0.05) is 0 Å². The van der Waals surface area contributed by atoms with Gasteiger partial charge in [-0.2, -0.15) is 0 Å². The van der Waals surface area contributed by atoms with Crippen LogP contribution in [0.15, 0.2) is 24.4 Å². The molecule has 0 aliphatic carbocycles. The summed E-state index contributed by atoms with van der Waals surface area (Å²) in [6, 6.07) is 5.00. The average Bonchev–Trinajstić information content (AvgIpc) is 2.91. The van der Waals surface area contributed by atoms with Gasteiger partial charge in [0.25, 0.3) is 5.91 Å². The van der Waals surface area contributed by atoms with E-state index in [4.69, 9.17) is 14.6 Å². The Balaban J connectivity index is 1.78. The Hall–Kier alpha value is -2.38. The van der Waals surface area contributed by atoms with Crippen molar-refractivity contribution in [2.75, 3.05) is 25.1 Å². The van der Waals surface area contributed by atoms with E-state index < -0.39 is 12.1 Å². The van der Waals surface area contributed by atoms with Gasteiger partial charge in [0.1, 0.15) is 0 Å². The van der Waals surface area contributed by atoms with Crippen molar-refractivity contribution in [1.82, 2.24) is 4.98 Å². The van der Waals surface area contributed by atoms with Crippen LogP contribution in [0.2, 0.25) is 0 Å². The van der Waals surface area contributed by atoms with Gasteiger partial charge < -0.3 is 24.9 Å². The predicted octanol–water partition coefficient (Wildman–Crippen LogP) is 1.22. The van der Waals surface area contributed by atoms with Gasteiger partial charge in [0.2, 0.25) is 0 Å². The van der Waals surface area contributed by atoms with Gasteiger partial charge in [-0.15, -0.1) is 0 Å². The lowest BCUT2D eigenvalue weighted by Crippen LogP contribution is -2.39. The molecule has 1 aliphatic heterocycles. The quantitative estimate of drug-likeness (QED) is 0.789. The first kappa shape index (κ1) is 13.6. The lowest BCUT2D eigenvalue weighted by molar-refractivity contribution is -0.142. The van der Waals surface area contributed by atoms with Crippen LogP contribution in [0.1, 0.15) is 10.4 Å². The van der Waals surface area contributed by atoms with Crippen LogP contribution in [0.4, 0.5) is 5.69 Å². The molecule has 1 saturated heterocycles. The number of rotatable bonds is 3. The average molecular weight is 290 g/mol. The van der Waals surface area contributed by atoms with Crippen LogP contribution in [0, 0.1) is 0 Å². The summed E-state index contributed by atoms with van der Waals surface area (Å²) in [6.07, 6.45) is 0.809. The summed E-state index contributed by atoms with van der Waals surface area (Å²) in [5.41, 5.74) is 1.42. The Morgan fingerprint density at radius 3 is 2.90 bits per heavy atom. The Morgan fingerprint density at radius 2 is 2.19 bits per heavy atom. The summed E-state index contributed by atoms with van der Waals surface area (Å²) < 4.78 is 10.5. The number of H-pyrrole nitrogens is 1. The van der Waals surface area contributed by atoms with E-state index >= 15 is 0 Å². The summed E-state index contributed by atoms with van der Waals surface area (Å²) in [7, 11) is 0. The van der Waals surface area contributed by atoms with Gasteiger partial charge >= 0.3 is 5.97 Å². The molecule has 0 bridgehead atoms. The lowest BCUT2D eigenvalue weighted by atomic mass is 10.1. The third-order valence-corrected chi connectivity index (χ3v) is 3.29. The third-order valence-electron chi connectivity index (χ3n) is 3.29. The molecule has 1 aliphatic rings. The number of benzene rings is 1. The highest BCUT2D eigenvalue weighted by atomic mass is 16.6. The Bertz CT molecular complexity index is 688. The van der Waals surface area contributed by atoms with Crippen LogP contribution in [0.3, 0.4) is 0 Å². The zero-order valence-corrected chi connectivity index (χ0v) is 11.1. The molecule has 1 fully saturated rings. The van der Waals surface area contributed by atoms with Crippen LogP contribution in [-0.2, 0) is 14.3 Å². The molecule has 21 heavy (non-hydrogen) atoms. The number of carboxylic acids is 1. The highest BCUT2D eigenvalue weighted by Crippen LogP contribution is 2.22. The zero-order valence-electron chi connectivity index (χ0n) is 11.1. The number of nitrogens with one attached hydrogen (secondary N) is 2. The molecule has 1 atom stereocenters. The number of carbonyl (C=O) groups excluding carboxylic acids is 1. The number of fused-ring (bicyclic) bond motifs is 1. The molecule has 2 aromatic rings. The van der Waals surface area contributed by atoms with Crippen LogP contribution < -0.4 is 5.32 Å². The monoisotopic (exact) mass is 290 g/mol. The van der Waals surface area contributed by atoms with Crippen molar-refractivity contribution >= 4 is 28.5 Å². The number of aromatic nitrogens is 1. The minimum absolute atomic E-state index is 0.201. The number of anilines is 1. The van der Waals surface area contributed by atoms with Crippen molar-refractivity contribution < 1.29 is 24.2 Å². The first-order valence-electron chi connectivity index (χ1n) is 6.50. The summed E-state index contributed by atoms with van der Waals surface area (Å²) in [6.45, 7) is 1.13. The Kier molecular flexibility index (Phi) is 3.59. The number of hydrogen-bond donors (Lipinski definition) is 3. The zero-order chi connectivity index (χ0) is 14.8. The van der Waals surface area contributed by atoms with Crippen molar-refractivity contribution in [3.05, 3.63) is 30.0 Å². The smallest absolute Gasteiger partial charge is 0.337 e. The van der Waals surface area contributed by atoms with Crippen molar-refractivity contribution in [3.63, 3.8) is 0 Å². The molecule has 3 rings (SSSR count). The van der Waals surface area contributed by atoms with E-state index in [-0.39, 0.29) is 18.1 Å². The fraction of sp³-hybridized carbons (Fsp3) is 0.286. The summed E-state index contributed by atoms with van der Waals surface area (Å²) in [5, 5.41) is 12.4. The highest BCUT2D eigenvalue weighted by molar-refractivity contribution is 6.04. The van der Waals surface area contributed by atoms with E-state index in [1.54, 1.807) is 18.2 Å². The second-order valence-electron chi connectivity index (χ2n) is 4.69. The predicted molar refractivity (Wildman–Crippen MR) is 74.4 cm³/mol. The van der Waals surface area contributed by atoms with E-state index in [2.05, 4.69) is 10.3 Å². The molecule has 110 valence electrons. The van der Waals surface area contributed by atoms with Crippen LogP contribution in [0.5, 0.6) is 0 Å². The Morgan fingerprint density at radius 1 is 1.33 bits per heavy atom. The number of ether oxygens (including phenoxy) is 2. The van der Waals surface area contributed by atoms with Crippen LogP contribution in [-0.4, -0.2) is 47.9 Å². The van der Waals surface area contributed by atoms with E-state index in [9.17, 15) is 9.59 Å². The number of carboxylic acid groups (broad SMARTS) is 1. The van der Waals surface area contributed by atoms with Gasteiger partial charge in [-0.05, 0) is 18.2 Å². The van der Waals surface area contributed by atoms with Gasteiger partial charge in [0.15, 0.2) is 6.10 Å². The van der Waals surface area contributed by atoms with Gasteiger partial charge in [0, 0.05) is 22.8 Å². The van der Waals surface area contributed by atoms with Crippen molar-refractivity contribution in [3.8, 4) is 0 Å². The molecular formula is C14H14N2O5. The number of aromatic carboxylic acids is 1. The Labute approximate surface area is 119 Å². The number of aromatic amines is 1. The third kappa shape index (κ3) is 2.74. The standard InChI is InChI=1S/C14H14N2O5/c17-13(12-7-20-3-4-21-12)16-8-1-2-9-10(14(18)19)6-15-11(9)5-8/h1-2,5-6,12,15H,3-4,7H2,(H,16,17)(H,18,19). The number of carbonyl (C=O) groups is 2. The van der Waals surface area contributed by atoms with Gasteiger partial charge in [-0.25, -0.2) is 4.79 Å². The van der Waals surface area contributed by atoms with Gasteiger partial charge in [-0.3, -0.25) is 4.79 Å². The molecule has 7 heteroatoms. The minimum atomic E-state index is -0.995. The second kappa shape index (κ2) is 5.55. The SMILES string of the molecule is O=C(O)c1c[nH]c2cc(NC(=O)C3COCCO3)ccc12. The first-order chi connectivity index (χ1) is 10.1. The van der Waals surface area contributed by atoms with Crippen molar-refractivity contribution in [2.45, 2.75) is 6.10 Å². The lowest BCUT2D eigenvalue weighted by Gasteiger charge is -2.22. The molecule has 7 nitrogen and oxygen atoms in total. The second-order valence-corrected chi connectivity index (χ2v) is 4.69. The molecule has 0 saturated carbocycles. The van der Waals surface area contributed by atoms with E-state index in [1.165, 1.54) is 6.20 Å². The molecule has 3 N–H and O–H groups in total. The van der Waals surface area contributed by atoms with E-state index in [1.807, 2.05) is 0 Å². The maximum Gasteiger partial charge on any atom is 0.337 e. The van der Waals surface area contributed by atoms with E-state index in [0.717, 1.165) is 0 Å². The summed E-state index contributed by atoms with van der Waals surface area (Å²) in [4.78, 5) is 25.9. The van der Waals surface area contributed by atoms with Gasteiger partial charge in [0.05, 0.1) is 25.4 Å². The fourth-order valence-corrected chi connectivity index (χ4v) is 2.24. The van der Waals surface area contributed by atoms with Crippen LogP contribution in [0.25, 0.3) is 10.9 Å². The van der Waals surface area contributed by atoms with E-state index in [0.29, 0.717) is 29.8 Å². The first-order valence-corrected chi connectivity index (χ1v) is 6.50. The topological polar surface area (TPSA) is 101 Å². The molecule has 0 spiro atoms. The molecule has 2 heterocycles. The summed E-state index contributed by atoms with van der Waals surface area (Å²) in [5.74, 6) is -1.27. The largest absolute Gasteiger partial charge is 0.478 e. The number of hydrogen-bond acceptors (Lipinski definition) is 4. The molecule has 1 amide bonds. The fourth-order valence-electron chi connectivity index (χ4n) is 2.24. The summed E-state index contributed by atoms with van der Waals surface area (Å²) >= 11 is 0. The number of amides is 1. The molecule has 1 aromatic heterocycles.